The summed E-state index contributed by atoms with van der Waals surface area (Å²) in [4.78, 5) is 57.6. The topological polar surface area (TPSA) is 130 Å². The van der Waals surface area contributed by atoms with Gasteiger partial charge in [-0.15, -0.1) is 0 Å². The molecule has 0 N–H and O–H groups in total. The van der Waals surface area contributed by atoms with Crippen LogP contribution in [-0.4, -0.2) is 111 Å². The van der Waals surface area contributed by atoms with Gasteiger partial charge in [0.1, 0.15) is 24.4 Å². The average molecular weight is 749 g/mol. The SMILES string of the molecule is CCCC[C@@H](OC(=O)CN1CCCC1)c1ccccc1C(=O)O[C@H]1CO[C@H]2[C@@H]1OC[C@H]2OC(=O)c1ccccc1[C@@H](CCCC)OC(=O)CN1CCCC1. The van der Waals surface area contributed by atoms with Crippen molar-refractivity contribution < 1.29 is 47.6 Å². The number of rotatable bonds is 18. The molecule has 2 aromatic rings. The van der Waals surface area contributed by atoms with E-state index >= 15 is 0 Å². The number of likely N-dealkylation sites (tertiary alicyclic amines) is 2. The maximum absolute atomic E-state index is 13.7. The Morgan fingerprint density at radius 1 is 0.630 bits per heavy atom. The quantitative estimate of drug-likeness (QED) is 0.131. The van der Waals surface area contributed by atoms with Crippen LogP contribution in [0.15, 0.2) is 48.5 Å². The number of carbonyl (C=O) groups is 4. The summed E-state index contributed by atoms with van der Waals surface area (Å²) in [7, 11) is 0. The Morgan fingerprint density at radius 2 is 1.02 bits per heavy atom. The molecule has 12 heteroatoms. The van der Waals surface area contributed by atoms with E-state index in [2.05, 4.69) is 23.6 Å². The van der Waals surface area contributed by atoms with E-state index < -0.39 is 48.6 Å². The molecule has 4 saturated heterocycles. The van der Waals surface area contributed by atoms with E-state index in [1.807, 2.05) is 24.3 Å². The van der Waals surface area contributed by atoms with Gasteiger partial charge in [0.15, 0.2) is 12.2 Å². The lowest BCUT2D eigenvalue weighted by Gasteiger charge is -2.23. The summed E-state index contributed by atoms with van der Waals surface area (Å²) in [5.41, 5.74) is 1.87. The number of carbonyl (C=O) groups excluding carboxylic acids is 4. The summed E-state index contributed by atoms with van der Waals surface area (Å²) in [5.74, 6) is -1.73. The summed E-state index contributed by atoms with van der Waals surface area (Å²) >= 11 is 0. The molecule has 54 heavy (non-hydrogen) atoms. The molecule has 2 aromatic carbocycles. The highest BCUT2D eigenvalue weighted by atomic mass is 16.7. The van der Waals surface area contributed by atoms with E-state index in [4.69, 9.17) is 28.4 Å². The molecule has 4 heterocycles. The minimum Gasteiger partial charge on any atom is -0.457 e. The van der Waals surface area contributed by atoms with Crippen LogP contribution in [0.25, 0.3) is 0 Å². The number of esters is 4. The van der Waals surface area contributed by atoms with Crippen LogP contribution in [0.3, 0.4) is 0 Å². The second kappa shape index (κ2) is 19.7. The third-order valence-corrected chi connectivity index (χ3v) is 10.8. The van der Waals surface area contributed by atoms with Crippen molar-refractivity contribution in [2.75, 3.05) is 52.5 Å². The van der Waals surface area contributed by atoms with Gasteiger partial charge in [-0.2, -0.15) is 0 Å². The first-order chi connectivity index (χ1) is 26.3. The van der Waals surface area contributed by atoms with E-state index in [9.17, 15) is 19.2 Å². The first-order valence-corrected chi connectivity index (χ1v) is 20.0. The minimum absolute atomic E-state index is 0.0734. The number of fused-ring (bicyclic) bond motifs is 1. The molecule has 4 fully saturated rings. The van der Waals surface area contributed by atoms with Crippen LogP contribution in [0.4, 0.5) is 0 Å². The number of ether oxygens (including phenoxy) is 6. The lowest BCUT2D eigenvalue weighted by molar-refractivity contribution is -0.152. The van der Waals surface area contributed by atoms with Crippen molar-refractivity contribution in [2.45, 2.75) is 115 Å². The highest BCUT2D eigenvalue weighted by Crippen LogP contribution is 2.34. The highest BCUT2D eigenvalue weighted by Gasteiger charge is 2.51. The third-order valence-electron chi connectivity index (χ3n) is 10.8. The molecule has 0 unspecified atom stereocenters. The van der Waals surface area contributed by atoms with Gasteiger partial charge in [-0.1, -0.05) is 63.1 Å². The molecule has 0 saturated carbocycles. The number of hydrogen-bond donors (Lipinski definition) is 0. The van der Waals surface area contributed by atoms with Gasteiger partial charge in [-0.25, -0.2) is 9.59 Å². The minimum atomic E-state index is -0.730. The molecule has 12 nitrogen and oxygen atoms in total. The molecule has 4 aliphatic heterocycles. The van der Waals surface area contributed by atoms with E-state index in [0.717, 1.165) is 77.5 Å². The smallest absolute Gasteiger partial charge is 0.339 e. The van der Waals surface area contributed by atoms with Crippen LogP contribution < -0.4 is 0 Å². The van der Waals surface area contributed by atoms with Crippen LogP contribution >= 0.6 is 0 Å². The molecule has 0 bridgehead atoms. The molecular weight excluding hydrogens is 692 g/mol. The zero-order valence-corrected chi connectivity index (χ0v) is 31.8. The van der Waals surface area contributed by atoms with Crippen molar-refractivity contribution in [3.8, 4) is 0 Å². The molecule has 0 radical (unpaired) electrons. The Bertz CT molecular complexity index is 1460. The van der Waals surface area contributed by atoms with Gasteiger partial charge in [-0.3, -0.25) is 19.4 Å². The van der Waals surface area contributed by atoms with Crippen molar-refractivity contribution in [1.82, 2.24) is 9.80 Å². The standard InChI is InChI=1S/C42H56N2O10/c1-3-5-19-33(51-37(45)25-43-21-11-12-22-43)29-15-7-9-17-31(29)41(47)53-35-27-49-40-36(28-50-39(35)40)54-42(48)32-18-10-8-16-30(32)34(20-6-4-2)52-38(46)26-44-23-13-14-24-44/h7-10,15-18,33-36,39-40H,3-6,11-14,19-28H2,1-2H3/t33-,34-,35-,36+,39-,40-/m1/s1. The number of benzene rings is 2. The normalized spacial score (nSPS) is 23.8. The lowest BCUT2D eigenvalue weighted by atomic mass is 9.98. The Labute approximate surface area is 318 Å². The van der Waals surface area contributed by atoms with E-state index in [-0.39, 0.29) is 38.2 Å². The van der Waals surface area contributed by atoms with Crippen molar-refractivity contribution in [1.29, 1.82) is 0 Å². The molecule has 0 spiro atoms. The van der Waals surface area contributed by atoms with Crippen molar-refractivity contribution in [3.05, 3.63) is 70.8 Å². The number of nitrogens with zero attached hydrogens (tertiary/aromatic N) is 2. The monoisotopic (exact) mass is 748 g/mol. The molecule has 6 rings (SSSR count). The average Bonchev–Trinajstić information content (AvgIpc) is 4.01. The van der Waals surface area contributed by atoms with E-state index in [0.29, 0.717) is 35.1 Å². The lowest BCUT2D eigenvalue weighted by Crippen LogP contribution is -2.36. The maximum Gasteiger partial charge on any atom is 0.339 e. The molecule has 4 aliphatic rings. The van der Waals surface area contributed by atoms with Gasteiger partial charge in [0, 0.05) is 11.1 Å². The fourth-order valence-electron chi connectivity index (χ4n) is 7.93. The van der Waals surface area contributed by atoms with Crippen LogP contribution in [0, 0.1) is 0 Å². The Balaban J connectivity index is 1.08. The van der Waals surface area contributed by atoms with Gasteiger partial charge in [0.05, 0.1) is 37.4 Å². The zero-order valence-electron chi connectivity index (χ0n) is 31.8. The molecule has 0 aromatic heterocycles. The van der Waals surface area contributed by atoms with Gasteiger partial charge < -0.3 is 28.4 Å². The van der Waals surface area contributed by atoms with Gasteiger partial charge in [-0.05, 0) is 89.7 Å². The predicted molar refractivity (Wildman–Crippen MR) is 199 cm³/mol. The second-order valence-corrected chi connectivity index (χ2v) is 14.9. The van der Waals surface area contributed by atoms with Crippen LogP contribution in [-0.2, 0) is 38.0 Å². The van der Waals surface area contributed by atoms with Crippen LogP contribution in [0.2, 0.25) is 0 Å². The molecule has 0 amide bonds. The summed E-state index contributed by atoms with van der Waals surface area (Å²) in [6, 6.07) is 14.2. The summed E-state index contributed by atoms with van der Waals surface area (Å²) in [6.07, 6.45) is 5.06. The van der Waals surface area contributed by atoms with Crippen LogP contribution in [0.5, 0.6) is 0 Å². The first kappa shape index (κ1) is 39.8. The summed E-state index contributed by atoms with van der Waals surface area (Å²) in [5, 5.41) is 0. The molecule has 6 atom stereocenters. The number of hydrogen-bond acceptors (Lipinski definition) is 12. The van der Waals surface area contributed by atoms with Gasteiger partial charge in [0.25, 0.3) is 0 Å². The largest absolute Gasteiger partial charge is 0.457 e. The zero-order chi connectivity index (χ0) is 37.9. The van der Waals surface area contributed by atoms with Gasteiger partial charge >= 0.3 is 23.9 Å². The fraction of sp³-hybridized carbons (Fsp3) is 0.619. The second-order valence-electron chi connectivity index (χ2n) is 14.9. The van der Waals surface area contributed by atoms with Crippen molar-refractivity contribution >= 4 is 23.9 Å². The Hall–Kier alpha value is -3.84. The predicted octanol–water partition coefficient (Wildman–Crippen LogP) is 5.98. The molecular formula is C42H56N2O10. The maximum atomic E-state index is 13.7. The first-order valence-electron chi connectivity index (χ1n) is 20.0. The molecule has 294 valence electrons. The molecule has 0 aliphatic carbocycles. The van der Waals surface area contributed by atoms with Crippen molar-refractivity contribution in [3.63, 3.8) is 0 Å². The van der Waals surface area contributed by atoms with Gasteiger partial charge in [0.2, 0.25) is 0 Å². The summed E-state index contributed by atoms with van der Waals surface area (Å²) < 4.78 is 36.1. The van der Waals surface area contributed by atoms with E-state index in [1.54, 1.807) is 24.3 Å². The Morgan fingerprint density at radius 3 is 1.41 bits per heavy atom. The fourth-order valence-corrected chi connectivity index (χ4v) is 7.93. The Kier molecular flexibility index (Phi) is 14.5. The van der Waals surface area contributed by atoms with Crippen LogP contribution in [0.1, 0.15) is 122 Å². The highest BCUT2D eigenvalue weighted by molar-refractivity contribution is 5.92. The van der Waals surface area contributed by atoms with Crippen molar-refractivity contribution in [2.24, 2.45) is 0 Å². The summed E-state index contributed by atoms with van der Waals surface area (Å²) in [6.45, 7) is 8.29. The van der Waals surface area contributed by atoms with E-state index in [1.165, 1.54) is 0 Å². The number of unbranched alkanes of at least 4 members (excludes halogenated alkanes) is 2. The third kappa shape index (κ3) is 10.3.